The molecule has 0 saturated carbocycles. The van der Waals surface area contributed by atoms with Crippen LogP contribution < -0.4 is 5.32 Å². The SMILES string of the molecule is CCCNC1CCOCC1N1CCCN(C)CC1C. The van der Waals surface area contributed by atoms with E-state index in [-0.39, 0.29) is 0 Å². The number of hydrogen-bond donors (Lipinski definition) is 1. The van der Waals surface area contributed by atoms with Gasteiger partial charge in [-0.3, -0.25) is 4.90 Å². The van der Waals surface area contributed by atoms with Gasteiger partial charge in [-0.25, -0.2) is 0 Å². The Morgan fingerprint density at radius 3 is 2.95 bits per heavy atom. The average Bonchev–Trinajstić information content (AvgIpc) is 2.57. The van der Waals surface area contributed by atoms with E-state index in [0.717, 1.165) is 26.2 Å². The monoisotopic (exact) mass is 269 g/mol. The predicted molar refractivity (Wildman–Crippen MR) is 79.6 cm³/mol. The molecule has 0 radical (unpaired) electrons. The maximum Gasteiger partial charge on any atom is 0.0637 e. The van der Waals surface area contributed by atoms with Crippen molar-refractivity contribution in [2.24, 2.45) is 0 Å². The molecule has 112 valence electrons. The third kappa shape index (κ3) is 4.15. The Kier molecular flexibility index (Phi) is 6.07. The zero-order valence-corrected chi connectivity index (χ0v) is 12.9. The Balaban J connectivity index is 1.99. The largest absolute Gasteiger partial charge is 0.380 e. The highest BCUT2D eigenvalue weighted by atomic mass is 16.5. The van der Waals surface area contributed by atoms with Gasteiger partial charge in [0.05, 0.1) is 6.61 Å². The minimum absolute atomic E-state index is 0.557. The first-order valence-corrected chi connectivity index (χ1v) is 7.97. The van der Waals surface area contributed by atoms with Crippen LogP contribution in [0.4, 0.5) is 0 Å². The smallest absolute Gasteiger partial charge is 0.0637 e. The topological polar surface area (TPSA) is 27.7 Å². The van der Waals surface area contributed by atoms with Crippen LogP contribution in [0.15, 0.2) is 0 Å². The van der Waals surface area contributed by atoms with Crippen molar-refractivity contribution in [3.63, 3.8) is 0 Å². The van der Waals surface area contributed by atoms with Gasteiger partial charge in [-0.15, -0.1) is 0 Å². The number of rotatable bonds is 4. The molecule has 3 atom stereocenters. The molecule has 3 unspecified atom stereocenters. The molecule has 1 N–H and O–H groups in total. The normalized spacial score (nSPS) is 35.2. The number of ether oxygens (including phenoxy) is 1. The summed E-state index contributed by atoms with van der Waals surface area (Å²) in [4.78, 5) is 5.15. The minimum Gasteiger partial charge on any atom is -0.380 e. The quantitative estimate of drug-likeness (QED) is 0.829. The van der Waals surface area contributed by atoms with Gasteiger partial charge in [-0.2, -0.15) is 0 Å². The van der Waals surface area contributed by atoms with E-state index in [2.05, 4.69) is 36.0 Å². The molecular weight excluding hydrogens is 238 g/mol. The Labute approximate surface area is 118 Å². The highest BCUT2D eigenvalue weighted by molar-refractivity contribution is 4.91. The first-order valence-electron chi connectivity index (χ1n) is 7.97. The molecule has 2 rings (SSSR count). The van der Waals surface area contributed by atoms with Gasteiger partial charge in [0.15, 0.2) is 0 Å². The molecule has 19 heavy (non-hydrogen) atoms. The standard InChI is InChI=1S/C15H31N3O/c1-4-7-16-14-6-10-19-12-15(14)18-9-5-8-17(3)11-13(18)2/h13-16H,4-12H2,1-3H3. The molecule has 2 aliphatic heterocycles. The van der Waals surface area contributed by atoms with E-state index in [1.54, 1.807) is 0 Å². The fraction of sp³-hybridized carbons (Fsp3) is 1.00. The Hall–Kier alpha value is -0.160. The van der Waals surface area contributed by atoms with E-state index >= 15 is 0 Å². The molecule has 4 heteroatoms. The van der Waals surface area contributed by atoms with Crippen molar-refractivity contribution in [2.75, 3.05) is 46.4 Å². The summed E-state index contributed by atoms with van der Waals surface area (Å²) in [6.07, 6.45) is 3.64. The Morgan fingerprint density at radius 1 is 1.32 bits per heavy atom. The lowest BCUT2D eigenvalue weighted by atomic mass is 9.99. The van der Waals surface area contributed by atoms with Crippen LogP contribution in [0.25, 0.3) is 0 Å². The number of nitrogens with one attached hydrogen (secondary N) is 1. The van der Waals surface area contributed by atoms with Crippen molar-refractivity contribution >= 4 is 0 Å². The predicted octanol–water partition coefficient (Wildman–Crippen LogP) is 1.17. The summed E-state index contributed by atoms with van der Waals surface area (Å²) in [6.45, 7) is 11.2. The molecule has 0 aromatic carbocycles. The van der Waals surface area contributed by atoms with Crippen molar-refractivity contribution in [1.82, 2.24) is 15.1 Å². The van der Waals surface area contributed by atoms with Crippen molar-refractivity contribution in [1.29, 1.82) is 0 Å². The van der Waals surface area contributed by atoms with Crippen LogP contribution in [0.2, 0.25) is 0 Å². The van der Waals surface area contributed by atoms with Crippen LogP contribution in [0.5, 0.6) is 0 Å². The summed E-state index contributed by atoms with van der Waals surface area (Å²) in [7, 11) is 2.24. The molecule has 0 bridgehead atoms. The zero-order valence-electron chi connectivity index (χ0n) is 12.9. The van der Waals surface area contributed by atoms with Crippen LogP contribution in [0, 0.1) is 0 Å². The van der Waals surface area contributed by atoms with Gasteiger partial charge < -0.3 is 15.0 Å². The zero-order chi connectivity index (χ0) is 13.7. The fourth-order valence-electron chi connectivity index (χ4n) is 3.50. The minimum atomic E-state index is 0.557. The van der Waals surface area contributed by atoms with Crippen LogP contribution in [-0.2, 0) is 4.74 Å². The van der Waals surface area contributed by atoms with Gasteiger partial charge in [-0.1, -0.05) is 6.92 Å². The number of likely N-dealkylation sites (N-methyl/N-ethyl adjacent to an activating group) is 1. The molecule has 0 aromatic heterocycles. The van der Waals surface area contributed by atoms with E-state index in [4.69, 9.17) is 4.74 Å². The summed E-state index contributed by atoms with van der Waals surface area (Å²) < 4.78 is 5.77. The van der Waals surface area contributed by atoms with Gasteiger partial charge in [0.2, 0.25) is 0 Å². The van der Waals surface area contributed by atoms with Gasteiger partial charge >= 0.3 is 0 Å². The highest BCUT2D eigenvalue weighted by Gasteiger charge is 2.34. The highest BCUT2D eigenvalue weighted by Crippen LogP contribution is 2.20. The Bertz CT molecular complexity index is 262. The van der Waals surface area contributed by atoms with E-state index in [1.807, 2.05) is 0 Å². The van der Waals surface area contributed by atoms with E-state index in [1.165, 1.54) is 32.5 Å². The maximum atomic E-state index is 5.77. The van der Waals surface area contributed by atoms with Crippen LogP contribution in [-0.4, -0.2) is 74.4 Å². The second-order valence-electron chi connectivity index (χ2n) is 6.19. The lowest BCUT2D eigenvalue weighted by molar-refractivity contribution is -0.0157. The number of nitrogens with zero attached hydrogens (tertiary/aromatic N) is 2. The molecule has 2 fully saturated rings. The van der Waals surface area contributed by atoms with Gasteiger partial charge in [0.1, 0.15) is 0 Å². The number of hydrogen-bond acceptors (Lipinski definition) is 4. The van der Waals surface area contributed by atoms with Crippen molar-refractivity contribution in [3.8, 4) is 0 Å². The summed E-state index contributed by atoms with van der Waals surface area (Å²) >= 11 is 0. The molecular formula is C15H31N3O. The summed E-state index contributed by atoms with van der Waals surface area (Å²) in [6, 6.07) is 1.80. The summed E-state index contributed by atoms with van der Waals surface area (Å²) in [5, 5.41) is 3.74. The van der Waals surface area contributed by atoms with Gasteiger partial charge in [-0.05, 0) is 46.3 Å². The van der Waals surface area contributed by atoms with E-state index in [9.17, 15) is 0 Å². The Morgan fingerprint density at radius 2 is 2.16 bits per heavy atom. The average molecular weight is 269 g/mol. The molecule has 2 saturated heterocycles. The summed E-state index contributed by atoms with van der Waals surface area (Å²) in [5.41, 5.74) is 0. The molecule has 0 spiro atoms. The van der Waals surface area contributed by atoms with Crippen LogP contribution in [0.3, 0.4) is 0 Å². The van der Waals surface area contributed by atoms with E-state index < -0.39 is 0 Å². The fourth-order valence-corrected chi connectivity index (χ4v) is 3.50. The molecule has 2 aliphatic rings. The van der Waals surface area contributed by atoms with Crippen LogP contribution >= 0.6 is 0 Å². The second kappa shape index (κ2) is 7.58. The first-order chi connectivity index (χ1) is 9.22. The van der Waals surface area contributed by atoms with Crippen molar-refractivity contribution in [3.05, 3.63) is 0 Å². The van der Waals surface area contributed by atoms with E-state index in [0.29, 0.717) is 18.1 Å². The third-order valence-electron chi connectivity index (χ3n) is 4.51. The molecule has 2 heterocycles. The molecule has 0 aliphatic carbocycles. The first kappa shape index (κ1) is 15.2. The second-order valence-corrected chi connectivity index (χ2v) is 6.19. The van der Waals surface area contributed by atoms with Gasteiger partial charge in [0.25, 0.3) is 0 Å². The summed E-state index contributed by atoms with van der Waals surface area (Å²) in [5.74, 6) is 0. The maximum absolute atomic E-state index is 5.77. The molecule has 4 nitrogen and oxygen atoms in total. The molecule has 0 amide bonds. The lowest BCUT2D eigenvalue weighted by Gasteiger charge is -2.42. The lowest BCUT2D eigenvalue weighted by Crippen LogP contribution is -2.58. The van der Waals surface area contributed by atoms with Crippen molar-refractivity contribution in [2.45, 2.75) is 51.2 Å². The third-order valence-corrected chi connectivity index (χ3v) is 4.51. The van der Waals surface area contributed by atoms with Crippen LogP contribution in [0.1, 0.15) is 33.1 Å². The van der Waals surface area contributed by atoms with Gasteiger partial charge in [0, 0.05) is 37.8 Å². The van der Waals surface area contributed by atoms with Crippen molar-refractivity contribution < 1.29 is 4.74 Å². The molecule has 0 aromatic rings.